The number of ether oxygens (including phenoxy) is 5. The predicted molar refractivity (Wildman–Crippen MR) is 223 cm³/mol. The van der Waals surface area contributed by atoms with Gasteiger partial charge in [-0.15, -0.1) is 0 Å². The molecule has 0 unspecified atom stereocenters. The zero-order chi connectivity index (χ0) is 43.2. The quantitative estimate of drug-likeness (QED) is 0.0167. The Kier molecular flexibility index (Phi) is 17.1. The van der Waals surface area contributed by atoms with Gasteiger partial charge in [-0.25, -0.2) is 14.4 Å². The second-order valence-corrected chi connectivity index (χ2v) is 12.8. The van der Waals surface area contributed by atoms with Crippen LogP contribution < -0.4 is 23.8 Å². The van der Waals surface area contributed by atoms with E-state index in [0.29, 0.717) is 55.5 Å². The molecule has 6 aromatic rings. The van der Waals surface area contributed by atoms with Crippen LogP contribution in [-0.2, 0) is 29.1 Å². The zero-order valence-corrected chi connectivity index (χ0v) is 32.8. The van der Waals surface area contributed by atoms with Crippen LogP contribution in [0.15, 0.2) is 146 Å². The van der Waals surface area contributed by atoms with Gasteiger partial charge in [0, 0.05) is 5.56 Å². The van der Waals surface area contributed by atoms with E-state index in [2.05, 4.69) is 0 Å². The minimum absolute atomic E-state index is 0.0767. The van der Waals surface area contributed by atoms with Gasteiger partial charge in [0.2, 0.25) is 0 Å². The number of hydrogen-bond donors (Lipinski definition) is 3. The molecule has 61 heavy (non-hydrogen) atoms. The molecule has 6 aromatic carbocycles. The maximum Gasteiger partial charge on any atom is 0.344 e. The fraction of sp³-hybridized carbons (Fsp3) is 0.146. The average Bonchev–Trinajstić information content (AvgIpc) is 3.27. The van der Waals surface area contributed by atoms with E-state index in [4.69, 9.17) is 45.0 Å². The summed E-state index contributed by atoms with van der Waals surface area (Å²) in [6.45, 7) is 1.42. The molecule has 0 aliphatic carbocycles. The highest BCUT2D eigenvalue weighted by atomic mass is 17.2. The molecular weight excluding hydrogens is 785 g/mol. The van der Waals surface area contributed by atoms with Crippen LogP contribution in [0.2, 0.25) is 0 Å². The molecule has 0 aliphatic heterocycles. The third-order valence-corrected chi connectivity index (χ3v) is 8.54. The molecule has 6 rings (SSSR count). The molecule has 13 nitrogen and oxygen atoms in total. The Labute approximate surface area is 352 Å². The van der Waals surface area contributed by atoms with Gasteiger partial charge < -0.3 is 43.9 Å². The third-order valence-electron chi connectivity index (χ3n) is 8.54. The second-order valence-electron chi connectivity index (χ2n) is 12.8. The highest BCUT2D eigenvalue weighted by Gasteiger charge is 2.20. The minimum Gasteiger partial charge on any atom is -0.508 e. The highest BCUT2D eigenvalue weighted by Crippen LogP contribution is 2.23. The Morgan fingerprint density at radius 2 is 1.08 bits per heavy atom. The van der Waals surface area contributed by atoms with Crippen molar-refractivity contribution in [2.75, 3.05) is 26.4 Å². The SMILES string of the molecule is C#COc1ccc(C(=O)O)c(C(=O)Oc2ccc(CCOCCc3ccc(OOCc4cc(OCCOc5ccccc5)ccc4C(=O)O)cc3)cc2)c1.Oc1ccccc1. The number of carboxylic acid groups (broad SMARTS) is 2. The number of para-hydroxylation sites is 2. The molecule has 0 saturated heterocycles. The fourth-order valence-corrected chi connectivity index (χ4v) is 5.50. The maximum atomic E-state index is 12.7. The second kappa shape index (κ2) is 23.6. The van der Waals surface area contributed by atoms with Crippen molar-refractivity contribution >= 4 is 17.9 Å². The van der Waals surface area contributed by atoms with E-state index in [1.807, 2.05) is 54.6 Å². The zero-order valence-electron chi connectivity index (χ0n) is 32.8. The Bertz CT molecular complexity index is 2360. The van der Waals surface area contributed by atoms with E-state index in [9.17, 15) is 24.6 Å². The summed E-state index contributed by atoms with van der Waals surface area (Å²) in [6, 6.07) is 40.6. The van der Waals surface area contributed by atoms with Gasteiger partial charge in [0.25, 0.3) is 0 Å². The number of terminal acetylenes is 1. The van der Waals surface area contributed by atoms with Crippen LogP contribution in [0.3, 0.4) is 0 Å². The molecule has 0 aliphatic rings. The standard InChI is InChI=1S/C42H36O12.C6H6O/c1-2-49-36-17-19-38(41(45)46)39(27-36)42(47)53-33-12-8-29(9-13-33)20-22-48-23-21-30-10-14-34(15-11-30)54-52-28-31-26-35(16-18-37(31)40(43)44)51-25-24-50-32-6-4-3-5-7-32;7-6-4-2-1-3-5-6/h1,3-19,26-27H,20-25,28H2,(H,43,44)(H,45,46);1-5,7H. The first-order valence-electron chi connectivity index (χ1n) is 18.9. The molecule has 0 aromatic heterocycles. The topological polar surface area (TPSA) is 177 Å². The molecule has 13 heteroatoms. The number of rotatable bonds is 20. The number of benzene rings is 6. The maximum absolute atomic E-state index is 12.7. The summed E-state index contributed by atoms with van der Waals surface area (Å²) in [5.74, 6) is -0.875. The lowest BCUT2D eigenvalue weighted by molar-refractivity contribution is -0.217. The van der Waals surface area contributed by atoms with Crippen molar-refractivity contribution in [2.24, 2.45) is 0 Å². The van der Waals surface area contributed by atoms with Crippen molar-refractivity contribution in [1.29, 1.82) is 0 Å². The predicted octanol–water partition coefficient (Wildman–Crippen LogP) is 8.43. The van der Waals surface area contributed by atoms with Gasteiger partial charge >= 0.3 is 17.9 Å². The minimum atomic E-state index is -1.29. The molecule has 0 radical (unpaired) electrons. The fourth-order valence-electron chi connectivity index (χ4n) is 5.50. The molecular formula is C48H42O13. The molecule has 0 bridgehead atoms. The monoisotopic (exact) mass is 826 g/mol. The summed E-state index contributed by atoms with van der Waals surface area (Å²) in [5, 5.41) is 27.7. The number of phenolic OH excluding ortho intramolecular Hbond substituents is 1. The lowest BCUT2D eigenvalue weighted by Gasteiger charge is -2.12. The van der Waals surface area contributed by atoms with Crippen LogP contribution in [0.5, 0.6) is 34.5 Å². The van der Waals surface area contributed by atoms with Crippen LogP contribution >= 0.6 is 0 Å². The summed E-state index contributed by atoms with van der Waals surface area (Å²) in [6.07, 6.45) is 8.38. The number of esters is 1. The van der Waals surface area contributed by atoms with Gasteiger partial charge in [-0.05, 0) is 109 Å². The lowest BCUT2D eigenvalue weighted by Crippen LogP contribution is -2.14. The molecule has 0 atom stereocenters. The van der Waals surface area contributed by atoms with Crippen molar-refractivity contribution in [3.05, 3.63) is 179 Å². The van der Waals surface area contributed by atoms with E-state index < -0.39 is 17.9 Å². The summed E-state index contributed by atoms with van der Waals surface area (Å²) in [4.78, 5) is 46.8. The van der Waals surface area contributed by atoms with Gasteiger partial charge in [0.05, 0.1) is 29.9 Å². The van der Waals surface area contributed by atoms with Crippen LogP contribution in [0.25, 0.3) is 0 Å². The first kappa shape index (κ1) is 44.3. The number of carbonyl (C=O) groups excluding carboxylic acids is 1. The summed E-state index contributed by atoms with van der Waals surface area (Å²) in [5.41, 5.74) is 2.01. The molecule has 0 heterocycles. The number of aromatic hydroxyl groups is 1. The van der Waals surface area contributed by atoms with Gasteiger partial charge in [0.1, 0.15) is 54.7 Å². The number of hydrogen-bond acceptors (Lipinski definition) is 11. The number of phenols is 1. The first-order chi connectivity index (χ1) is 29.7. The van der Waals surface area contributed by atoms with Gasteiger partial charge in [0.15, 0.2) is 5.75 Å². The van der Waals surface area contributed by atoms with Gasteiger partial charge in [-0.3, -0.25) is 0 Å². The van der Waals surface area contributed by atoms with Gasteiger partial charge in [-0.2, -0.15) is 4.89 Å². The van der Waals surface area contributed by atoms with Crippen LogP contribution in [0.4, 0.5) is 0 Å². The van der Waals surface area contributed by atoms with Crippen LogP contribution in [0.1, 0.15) is 47.8 Å². The Morgan fingerprint density at radius 1 is 0.541 bits per heavy atom. The summed E-state index contributed by atoms with van der Waals surface area (Å²) >= 11 is 0. The van der Waals surface area contributed by atoms with Crippen molar-refractivity contribution in [1.82, 2.24) is 0 Å². The molecule has 0 saturated carbocycles. The van der Waals surface area contributed by atoms with E-state index in [1.165, 1.54) is 24.3 Å². The van der Waals surface area contributed by atoms with Crippen molar-refractivity contribution in [3.63, 3.8) is 0 Å². The molecule has 0 amide bonds. The number of carbonyl (C=O) groups is 3. The number of carboxylic acids is 2. The Hall–Kier alpha value is -7.79. The highest BCUT2D eigenvalue weighted by molar-refractivity contribution is 6.03. The first-order valence-corrected chi connectivity index (χ1v) is 18.9. The summed E-state index contributed by atoms with van der Waals surface area (Å²) < 4.78 is 27.5. The van der Waals surface area contributed by atoms with Crippen molar-refractivity contribution in [3.8, 4) is 47.0 Å². The molecule has 0 fully saturated rings. The van der Waals surface area contributed by atoms with Gasteiger partial charge in [-0.1, -0.05) is 67.1 Å². The molecule has 0 spiro atoms. The van der Waals surface area contributed by atoms with E-state index in [0.717, 1.165) is 16.9 Å². The van der Waals surface area contributed by atoms with Crippen LogP contribution in [0, 0.1) is 12.5 Å². The molecule has 312 valence electrons. The summed E-state index contributed by atoms with van der Waals surface area (Å²) in [7, 11) is 0. The Morgan fingerprint density at radius 3 is 1.66 bits per heavy atom. The lowest BCUT2D eigenvalue weighted by atomic mass is 10.1. The van der Waals surface area contributed by atoms with Crippen molar-refractivity contribution < 1.29 is 63.2 Å². The molecule has 3 N–H and O–H groups in total. The third kappa shape index (κ3) is 14.8. The normalized spacial score (nSPS) is 10.3. The van der Waals surface area contributed by atoms with E-state index in [1.54, 1.807) is 72.8 Å². The Balaban J connectivity index is 0.000000912. The van der Waals surface area contributed by atoms with Crippen LogP contribution in [-0.4, -0.2) is 59.7 Å². The average molecular weight is 827 g/mol. The number of aromatic carboxylic acids is 2. The smallest absolute Gasteiger partial charge is 0.344 e. The largest absolute Gasteiger partial charge is 0.508 e. The van der Waals surface area contributed by atoms with E-state index >= 15 is 0 Å². The van der Waals surface area contributed by atoms with E-state index in [-0.39, 0.29) is 41.4 Å². The van der Waals surface area contributed by atoms with Crippen molar-refractivity contribution in [2.45, 2.75) is 19.4 Å².